The molecule has 0 bridgehead atoms. The summed E-state index contributed by atoms with van der Waals surface area (Å²) < 4.78 is 7.03. The Hall–Kier alpha value is -3.67. The summed E-state index contributed by atoms with van der Waals surface area (Å²) in [6, 6.07) is 19.2. The molecule has 0 aliphatic rings. The zero-order valence-electron chi connectivity index (χ0n) is 16.4. The van der Waals surface area contributed by atoms with Gasteiger partial charge in [0.2, 0.25) is 0 Å². The molecule has 1 heterocycles. The Labute approximate surface area is 170 Å². The average Bonchev–Trinajstić information content (AvgIpc) is 3.19. The van der Waals surface area contributed by atoms with E-state index in [-0.39, 0.29) is 5.91 Å². The molecule has 1 atom stereocenters. The molecule has 0 saturated carbocycles. The Morgan fingerprint density at radius 2 is 1.76 bits per heavy atom. The molecule has 6 nitrogen and oxygen atoms in total. The number of hydrogen-bond acceptors (Lipinski definition) is 4. The van der Waals surface area contributed by atoms with Gasteiger partial charge in [-0.3, -0.25) is 9.48 Å². The van der Waals surface area contributed by atoms with Gasteiger partial charge in [0.25, 0.3) is 5.91 Å². The van der Waals surface area contributed by atoms with Crippen LogP contribution < -0.4 is 4.90 Å². The van der Waals surface area contributed by atoms with Crippen LogP contribution in [-0.2, 0) is 20.9 Å². The van der Waals surface area contributed by atoms with Crippen LogP contribution in [0.15, 0.2) is 79.1 Å². The van der Waals surface area contributed by atoms with Crippen LogP contribution >= 0.6 is 0 Å². The molecule has 2 aromatic carbocycles. The second-order valence-corrected chi connectivity index (χ2v) is 6.60. The number of likely N-dealkylation sites (N-methyl/N-ethyl adjacent to an activating group) is 1. The minimum absolute atomic E-state index is 0.298. The van der Waals surface area contributed by atoms with Crippen molar-refractivity contribution in [2.75, 3.05) is 11.9 Å². The van der Waals surface area contributed by atoms with Gasteiger partial charge in [0, 0.05) is 30.6 Å². The van der Waals surface area contributed by atoms with Gasteiger partial charge in [-0.1, -0.05) is 48.5 Å². The van der Waals surface area contributed by atoms with E-state index in [1.54, 1.807) is 30.9 Å². The number of amides is 1. The van der Waals surface area contributed by atoms with E-state index in [1.165, 1.54) is 11.0 Å². The summed E-state index contributed by atoms with van der Waals surface area (Å²) in [5, 5.41) is 4.29. The summed E-state index contributed by atoms with van der Waals surface area (Å²) in [5.74, 6) is -0.878. The van der Waals surface area contributed by atoms with Crippen LogP contribution in [0, 0.1) is 0 Å². The molecule has 0 saturated heterocycles. The normalized spacial score (nSPS) is 11.9. The first-order valence-corrected chi connectivity index (χ1v) is 9.30. The van der Waals surface area contributed by atoms with Crippen LogP contribution in [-0.4, -0.2) is 34.8 Å². The van der Waals surface area contributed by atoms with Gasteiger partial charge in [0.05, 0.1) is 12.7 Å². The molecule has 6 heteroatoms. The van der Waals surface area contributed by atoms with E-state index < -0.39 is 12.1 Å². The van der Waals surface area contributed by atoms with Crippen molar-refractivity contribution in [2.24, 2.45) is 0 Å². The summed E-state index contributed by atoms with van der Waals surface area (Å²) >= 11 is 0. The van der Waals surface area contributed by atoms with Gasteiger partial charge in [0.1, 0.15) is 0 Å². The van der Waals surface area contributed by atoms with E-state index in [1.807, 2.05) is 66.9 Å². The smallest absolute Gasteiger partial charge is 0.331 e. The van der Waals surface area contributed by atoms with Crippen molar-refractivity contribution in [2.45, 2.75) is 19.6 Å². The van der Waals surface area contributed by atoms with E-state index in [2.05, 4.69) is 5.10 Å². The zero-order chi connectivity index (χ0) is 20.6. The molecule has 0 N–H and O–H groups in total. The minimum atomic E-state index is -0.891. The lowest BCUT2D eigenvalue weighted by atomic mass is 10.2. The molecule has 1 aromatic heterocycles. The van der Waals surface area contributed by atoms with Crippen molar-refractivity contribution in [1.82, 2.24) is 9.78 Å². The second kappa shape index (κ2) is 9.50. The molecule has 148 valence electrons. The summed E-state index contributed by atoms with van der Waals surface area (Å²) in [5.41, 5.74) is 2.65. The van der Waals surface area contributed by atoms with Crippen molar-refractivity contribution < 1.29 is 14.3 Å². The van der Waals surface area contributed by atoms with E-state index in [0.717, 1.165) is 16.8 Å². The third kappa shape index (κ3) is 5.65. The maximum absolute atomic E-state index is 12.4. The molecular weight excluding hydrogens is 366 g/mol. The highest BCUT2D eigenvalue weighted by atomic mass is 16.5. The van der Waals surface area contributed by atoms with Crippen molar-refractivity contribution in [3.8, 4) is 0 Å². The van der Waals surface area contributed by atoms with Gasteiger partial charge in [-0.15, -0.1) is 0 Å². The van der Waals surface area contributed by atoms with E-state index in [4.69, 9.17) is 4.74 Å². The van der Waals surface area contributed by atoms with Gasteiger partial charge < -0.3 is 9.64 Å². The first-order chi connectivity index (χ1) is 14.0. The summed E-state index contributed by atoms with van der Waals surface area (Å²) in [6.45, 7) is 2.21. The fraction of sp³-hybridized carbons (Fsp3) is 0.174. The molecule has 0 spiro atoms. The topological polar surface area (TPSA) is 64.4 Å². The number of ether oxygens (including phenoxy) is 1. The van der Waals surface area contributed by atoms with Crippen LogP contribution in [0.25, 0.3) is 6.08 Å². The van der Waals surface area contributed by atoms with Crippen molar-refractivity contribution in [3.63, 3.8) is 0 Å². The second-order valence-electron chi connectivity index (χ2n) is 6.60. The highest BCUT2D eigenvalue weighted by Gasteiger charge is 2.21. The lowest BCUT2D eigenvalue weighted by Gasteiger charge is -2.21. The van der Waals surface area contributed by atoms with Crippen LogP contribution in [0.3, 0.4) is 0 Å². The number of aromatic nitrogens is 2. The summed E-state index contributed by atoms with van der Waals surface area (Å²) in [7, 11) is 1.65. The number of anilines is 1. The van der Waals surface area contributed by atoms with Gasteiger partial charge in [0.15, 0.2) is 6.10 Å². The van der Waals surface area contributed by atoms with Crippen LogP contribution in [0.1, 0.15) is 18.1 Å². The highest BCUT2D eigenvalue weighted by molar-refractivity contribution is 5.98. The van der Waals surface area contributed by atoms with E-state index in [0.29, 0.717) is 6.54 Å². The number of esters is 1. The Kier molecular flexibility index (Phi) is 6.58. The number of carbonyl (C=O) groups excluding carboxylic acids is 2. The number of para-hydroxylation sites is 1. The lowest BCUT2D eigenvalue weighted by Crippen LogP contribution is -2.37. The lowest BCUT2D eigenvalue weighted by molar-refractivity contribution is -0.148. The molecule has 1 amide bonds. The predicted molar refractivity (Wildman–Crippen MR) is 112 cm³/mol. The van der Waals surface area contributed by atoms with E-state index in [9.17, 15) is 9.59 Å². The van der Waals surface area contributed by atoms with Crippen molar-refractivity contribution >= 4 is 23.6 Å². The van der Waals surface area contributed by atoms with Crippen LogP contribution in [0.4, 0.5) is 5.69 Å². The highest BCUT2D eigenvalue weighted by Crippen LogP contribution is 2.13. The number of carbonyl (C=O) groups is 2. The third-order valence-electron chi connectivity index (χ3n) is 4.37. The molecule has 29 heavy (non-hydrogen) atoms. The Balaban J connectivity index is 1.53. The standard InChI is InChI=1S/C23H23N3O3/c1-18(23(28)25(2)21-11-7-4-8-12-21)29-22(27)14-13-20-15-24-26(17-20)16-19-9-5-3-6-10-19/h3-15,17-18H,16H2,1-2H3/b14-13+/t18-/m0/s1. The average molecular weight is 389 g/mol. The van der Waals surface area contributed by atoms with Crippen molar-refractivity contribution in [3.05, 3.63) is 90.3 Å². The molecule has 0 aliphatic heterocycles. The first-order valence-electron chi connectivity index (χ1n) is 9.30. The summed E-state index contributed by atoms with van der Waals surface area (Å²) in [6.07, 6.45) is 5.54. The molecule has 0 radical (unpaired) electrons. The maximum Gasteiger partial charge on any atom is 0.331 e. The fourth-order valence-corrected chi connectivity index (χ4v) is 2.80. The predicted octanol–water partition coefficient (Wildman–Crippen LogP) is 3.54. The number of nitrogens with zero attached hydrogens (tertiary/aromatic N) is 3. The quantitative estimate of drug-likeness (QED) is 0.458. The summed E-state index contributed by atoms with van der Waals surface area (Å²) in [4.78, 5) is 26.0. The Morgan fingerprint density at radius 3 is 2.45 bits per heavy atom. The number of benzene rings is 2. The van der Waals surface area contributed by atoms with Crippen molar-refractivity contribution in [1.29, 1.82) is 0 Å². The molecule has 3 rings (SSSR count). The van der Waals surface area contributed by atoms with Crippen LogP contribution in [0.2, 0.25) is 0 Å². The fourth-order valence-electron chi connectivity index (χ4n) is 2.80. The maximum atomic E-state index is 12.4. The molecular formula is C23H23N3O3. The zero-order valence-corrected chi connectivity index (χ0v) is 16.4. The van der Waals surface area contributed by atoms with Gasteiger partial charge in [-0.25, -0.2) is 4.79 Å². The van der Waals surface area contributed by atoms with Gasteiger partial charge >= 0.3 is 5.97 Å². The SMILES string of the molecule is C[C@H](OC(=O)/C=C/c1cnn(Cc2ccccc2)c1)C(=O)N(C)c1ccccc1. The first kappa shape index (κ1) is 20.1. The molecule has 0 fully saturated rings. The van der Waals surface area contributed by atoms with Gasteiger partial charge in [-0.05, 0) is 30.7 Å². The van der Waals surface area contributed by atoms with Crippen LogP contribution in [0.5, 0.6) is 0 Å². The molecule has 0 aliphatic carbocycles. The third-order valence-corrected chi connectivity index (χ3v) is 4.37. The molecule has 0 unspecified atom stereocenters. The minimum Gasteiger partial charge on any atom is -0.449 e. The monoisotopic (exact) mass is 389 g/mol. The van der Waals surface area contributed by atoms with E-state index >= 15 is 0 Å². The number of hydrogen-bond donors (Lipinski definition) is 0. The Bertz CT molecular complexity index is 981. The largest absolute Gasteiger partial charge is 0.449 e. The molecule has 3 aromatic rings. The number of rotatable bonds is 7. The Morgan fingerprint density at radius 1 is 1.10 bits per heavy atom. The van der Waals surface area contributed by atoms with Gasteiger partial charge in [-0.2, -0.15) is 5.10 Å².